The second-order valence-electron chi connectivity index (χ2n) is 14.2. The number of aliphatic hydroxyl groups excluding tert-OH is 1. The highest BCUT2D eigenvalue weighted by atomic mass is 16.4. The van der Waals surface area contributed by atoms with Crippen molar-refractivity contribution in [3.05, 3.63) is 23.8 Å². The maximum atomic E-state index is 13.5. The first kappa shape index (κ1) is 23.6. The van der Waals surface area contributed by atoms with Crippen molar-refractivity contribution in [1.29, 1.82) is 0 Å². The Hall–Kier alpha value is -1.09. The van der Waals surface area contributed by atoms with Gasteiger partial charge in [0.1, 0.15) is 0 Å². The molecule has 0 heterocycles. The number of aliphatic carboxylic acids is 1. The van der Waals surface area contributed by atoms with Gasteiger partial charge in [0, 0.05) is 5.41 Å². The van der Waals surface area contributed by atoms with Crippen molar-refractivity contribution in [2.24, 2.45) is 50.7 Å². The summed E-state index contributed by atoms with van der Waals surface area (Å²) >= 11 is 0. The van der Waals surface area contributed by atoms with E-state index >= 15 is 0 Å². The number of aliphatic hydroxyl groups is 1. The predicted molar refractivity (Wildman–Crippen MR) is 133 cm³/mol. The average Bonchev–Trinajstić information content (AvgIpc) is 3.09. The van der Waals surface area contributed by atoms with Crippen LogP contribution in [0.5, 0.6) is 0 Å². The summed E-state index contributed by atoms with van der Waals surface area (Å²) in [6.45, 7) is 18.2. The number of hydrogen-bond acceptors (Lipinski definition) is 2. The first-order valence-corrected chi connectivity index (χ1v) is 13.5. The highest BCUT2D eigenvalue weighted by Gasteiger charge is 2.72. The first-order valence-electron chi connectivity index (χ1n) is 13.5. The van der Waals surface area contributed by atoms with Crippen LogP contribution in [0.3, 0.4) is 0 Å². The molecule has 0 saturated heterocycles. The Morgan fingerprint density at radius 1 is 0.970 bits per heavy atom. The van der Waals surface area contributed by atoms with Crippen LogP contribution in [0.4, 0.5) is 0 Å². The number of hydrogen-bond donors (Lipinski definition) is 2. The van der Waals surface area contributed by atoms with Gasteiger partial charge >= 0.3 is 5.97 Å². The smallest absolute Gasteiger partial charge is 0.310 e. The number of rotatable bonds is 2. The normalized spacial score (nSPS) is 52.6. The van der Waals surface area contributed by atoms with Crippen molar-refractivity contribution in [2.45, 2.75) is 105 Å². The average molecular weight is 455 g/mol. The molecule has 9 unspecified atom stereocenters. The first-order chi connectivity index (χ1) is 15.3. The summed E-state index contributed by atoms with van der Waals surface area (Å²) in [6.07, 6.45) is 11.1. The third kappa shape index (κ3) is 2.69. The minimum Gasteiger partial charge on any atom is -0.481 e. The van der Waals surface area contributed by atoms with Crippen LogP contribution in [0.25, 0.3) is 0 Å². The fourth-order valence-corrected chi connectivity index (χ4v) is 10.7. The lowest BCUT2D eigenvalue weighted by Crippen LogP contribution is -2.67. The molecule has 0 aromatic rings. The van der Waals surface area contributed by atoms with Crippen molar-refractivity contribution in [2.75, 3.05) is 0 Å². The molecule has 0 aromatic carbocycles. The van der Waals surface area contributed by atoms with Crippen LogP contribution < -0.4 is 0 Å². The van der Waals surface area contributed by atoms with Crippen LogP contribution in [0.15, 0.2) is 23.8 Å². The summed E-state index contributed by atoms with van der Waals surface area (Å²) in [6, 6.07) is 0. The highest BCUT2D eigenvalue weighted by molar-refractivity contribution is 5.78. The van der Waals surface area contributed by atoms with Crippen molar-refractivity contribution in [3.63, 3.8) is 0 Å². The minimum absolute atomic E-state index is 0.0470. The largest absolute Gasteiger partial charge is 0.481 e. The molecular formula is C30H46O3. The molecule has 5 rings (SSSR count). The van der Waals surface area contributed by atoms with Gasteiger partial charge in [0.15, 0.2) is 0 Å². The van der Waals surface area contributed by atoms with Gasteiger partial charge in [-0.15, -0.1) is 0 Å². The van der Waals surface area contributed by atoms with Gasteiger partial charge < -0.3 is 10.2 Å². The number of carbonyl (C=O) groups is 1. The number of fused-ring (bicyclic) bond motifs is 7. The molecule has 0 bridgehead atoms. The molecule has 0 amide bonds. The van der Waals surface area contributed by atoms with Crippen molar-refractivity contribution >= 4 is 5.97 Å². The van der Waals surface area contributed by atoms with Gasteiger partial charge in [0.2, 0.25) is 0 Å². The number of carboxylic acids is 1. The number of carboxylic acid groups (broad SMARTS) is 1. The zero-order valence-electron chi connectivity index (χ0n) is 21.8. The summed E-state index contributed by atoms with van der Waals surface area (Å²) in [7, 11) is 0. The molecule has 9 atom stereocenters. The van der Waals surface area contributed by atoms with Crippen molar-refractivity contribution in [3.8, 4) is 0 Å². The quantitative estimate of drug-likeness (QED) is 0.441. The number of allylic oxidation sites excluding steroid dienone is 3. The Bertz CT molecular complexity index is 916. The monoisotopic (exact) mass is 454 g/mol. The van der Waals surface area contributed by atoms with Gasteiger partial charge in [0.05, 0.1) is 11.5 Å². The van der Waals surface area contributed by atoms with E-state index in [0.29, 0.717) is 17.8 Å². The van der Waals surface area contributed by atoms with Gasteiger partial charge in [-0.05, 0) is 105 Å². The van der Waals surface area contributed by atoms with Gasteiger partial charge in [-0.3, -0.25) is 4.79 Å². The summed E-state index contributed by atoms with van der Waals surface area (Å²) in [5, 5.41) is 22.0. The zero-order valence-corrected chi connectivity index (χ0v) is 21.8. The molecule has 0 radical (unpaired) electrons. The van der Waals surface area contributed by atoms with E-state index in [1.165, 1.54) is 24.0 Å². The van der Waals surface area contributed by atoms with Crippen LogP contribution >= 0.6 is 0 Å². The summed E-state index contributed by atoms with van der Waals surface area (Å²) in [5.41, 5.74) is 1.82. The molecule has 3 nitrogen and oxygen atoms in total. The third-order valence-corrected chi connectivity index (χ3v) is 12.6. The Kier molecular flexibility index (Phi) is 5.01. The van der Waals surface area contributed by atoms with E-state index in [4.69, 9.17) is 0 Å². The molecule has 0 aliphatic heterocycles. The van der Waals surface area contributed by atoms with E-state index in [-0.39, 0.29) is 33.7 Å². The molecule has 184 valence electrons. The van der Waals surface area contributed by atoms with Crippen molar-refractivity contribution in [1.82, 2.24) is 0 Å². The van der Waals surface area contributed by atoms with Crippen LogP contribution in [0.1, 0.15) is 99.3 Å². The second kappa shape index (κ2) is 6.99. The third-order valence-electron chi connectivity index (χ3n) is 12.6. The molecule has 33 heavy (non-hydrogen) atoms. The van der Waals surface area contributed by atoms with Crippen LogP contribution in [0.2, 0.25) is 0 Å². The van der Waals surface area contributed by atoms with E-state index in [0.717, 1.165) is 44.9 Å². The van der Waals surface area contributed by atoms with E-state index in [2.05, 4.69) is 54.2 Å². The lowest BCUT2D eigenvalue weighted by molar-refractivity contribution is -0.218. The Morgan fingerprint density at radius 2 is 1.67 bits per heavy atom. The maximum absolute atomic E-state index is 13.5. The fraction of sp³-hybridized carbons (Fsp3) is 0.833. The second-order valence-corrected chi connectivity index (χ2v) is 14.2. The predicted octanol–water partition coefficient (Wildman–Crippen LogP) is 7.01. The SMILES string of the molecule is C=C(C)C1CCC2(C)CCC3(C)C(=CCC4C5(C)CCC(O)C(C)(C)C5CCC43C(=O)O)C12. The Balaban J connectivity index is 1.67. The molecule has 4 fully saturated rings. The topological polar surface area (TPSA) is 57.5 Å². The summed E-state index contributed by atoms with van der Waals surface area (Å²) in [5.74, 6) is 0.877. The highest BCUT2D eigenvalue weighted by Crippen LogP contribution is 2.76. The molecule has 3 heteroatoms. The van der Waals surface area contributed by atoms with Crippen LogP contribution in [-0.4, -0.2) is 22.3 Å². The maximum Gasteiger partial charge on any atom is 0.310 e. The lowest BCUT2D eigenvalue weighted by atomic mass is 9.34. The fourth-order valence-electron chi connectivity index (χ4n) is 10.7. The minimum atomic E-state index is -0.704. The van der Waals surface area contributed by atoms with Crippen LogP contribution in [-0.2, 0) is 4.79 Å². The van der Waals surface area contributed by atoms with E-state index in [1.54, 1.807) is 0 Å². The lowest BCUT2D eigenvalue weighted by Gasteiger charge is -2.69. The van der Waals surface area contributed by atoms with E-state index < -0.39 is 11.4 Å². The molecular weight excluding hydrogens is 408 g/mol. The summed E-state index contributed by atoms with van der Waals surface area (Å²) < 4.78 is 0. The van der Waals surface area contributed by atoms with Crippen molar-refractivity contribution < 1.29 is 15.0 Å². The molecule has 0 spiro atoms. The zero-order chi connectivity index (χ0) is 24.2. The molecule has 0 aromatic heterocycles. The van der Waals surface area contributed by atoms with E-state index in [9.17, 15) is 15.0 Å². The standard InChI is InChI=1S/C30H46O3/c1-18(2)19-10-13-27(5)16-17-29(7)20(24(19)27)8-9-22-28(6)14-12-23(31)26(3,4)21(28)11-15-30(22,29)25(32)33/h8,19,21-24,31H,1,9-17H2,2-7H3,(H,32,33). The van der Waals surface area contributed by atoms with Gasteiger partial charge in [-0.25, -0.2) is 0 Å². The Labute approximate surface area is 201 Å². The molecule has 5 aliphatic carbocycles. The Morgan fingerprint density at radius 3 is 2.30 bits per heavy atom. The van der Waals surface area contributed by atoms with Gasteiger partial charge in [-0.2, -0.15) is 0 Å². The summed E-state index contributed by atoms with van der Waals surface area (Å²) in [4.78, 5) is 13.5. The molecule has 5 aliphatic rings. The molecule has 2 N–H and O–H groups in total. The molecule has 4 saturated carbocycles. The van der Waals surface area contributed by atoms with E-state index in [1.807, 2.05) is 0 Å². The van der Waals surface area contributed by atoms with Crippen LogP contribution in [0, 0.1) is 50.7 Å². The van der Waals surface area contributed by atoms with Gasteiger partial charge in [-0.1, -0.05) is 58.4 Å². The van der Waals surface area contributed by atoms with Gasteiger partial charge in [0.25, 0.3) is 0 Å².